The van der Waals surface area contributed by atoms with E-state index in [4.69, 9.17) is 0 Å². The van der Waals surface area contributed by atoms with Crippen molar-refractivity contribution >= 4 is 29.3 Å². The molecule has 0 radical (unpaired) electrons. The van der Waals surface area contributed by atoms with Crippen LogP contribution in [0.25, 0.3) is 23.1 Å². The fourth-order valence-corrected chi connectivity index (χ4v) is 2.83. The van der Waals surface area contributed by atoms with Crippen LogP contribution in [0.4, 0.5) is 8.78 Å². The predicted octanol–water partition coefficient (Wildman–Crippen LogP) is 4.73. The van der Waals surface area contributed by atoms with Crippen LogP contribution in [0.2, 0.25) is 0 Å². The van der Waals surface area contributed by atoms with Gasteiger partial charge in [0.2, 0.25) is 0 Å². The second-order valence-corrected chi connectivity index (χ2v) is 6.23. The molecule has 29 heavy (non-hydrogen) atoms. The minimum atomic E-state index is -0.457. The number of halogens is 2. The standard InChI is InChI=1S/C23H15F2N3O/c24-19-10-4-1-7-16(19)13-14-22-27-21-12-6-3-9-18(21)23(29)28(22)26-15-17-8-2-5-11-20(17)25/h1-15H/b14-13-,26-15+. The molecule has 142 valence electrons. The number of hydrogen-bond donors (Lipinski definition) is 0. The Hall–Kier alpha value is -3.93. The highest BCUT2D eigenvalue weighted by Gasteiger charge is 2.09. The number of nitrogens with zero attached hydrogens (tertiary/aromatic N) is 3. The molecule has 0 saturated heterocycles. The van der Waals surface area contributed by atoms with Crippen LogP contribution >= 0.6 is 0 Å². The first-order valence-corrected chi connectivity index (χ1v) is 8.87. The summed E-state index contributed by atoms with van der Waals surface area (Å²) in [5, 5.41) is 4.53. The summed E-state index contributed by atoms with van der Waals surface area (Å²) in [6.07, 6.45) is 4.28. The molecule has 0 spiro atoms. The second-order valence-electron chi connectivity index (χ2n) is 6.23. The Kier molecular flexibility index (Phi) is 5.07. The van der Waals surface area contributed by atoms with Gasteiger partial charge in [0.15, 0.2) is 5.82 Å². The van der Waals surface area contributed by atoms with E-state index < -0.39 is 17.2 Å². The fourth-order valence-electron chi connectivity index (χ4n) is 2.83. The summed E-state index contributed by atoms with van der Waals surface area (Å²) in [7, 11) is 0. The van der Waals surface area contributed by atoms with E-state index in [2.05, 4.69) is 10.1 Å². The van der Waals surface area contributed by atoms with E-state index in [-0.39, 0.29) is 11.4 Å². The van der Waals surface area contributed by atoms with E-state index in [1.165, 1.54) is 30.5 Å². The Morgan fingerprint density at radius 2 is 1.41 bits per heavy atom. The molecule has 0 unspecified atom stereocenters. The van der Waals surface area contributed by atoms with Gasteiger partial charge in [-0.2, -0.15) is 9.78 Å². The van der Waals surface area contributed by atoms with Gasteiger partial charge in [-0.15, -0.1) is 0 Å². The smallest absolute Gasteiger partial charge is 0.267 e. The first kappa shape index (κ1) is 18.4. The number of aromatic nitrogens is 2. The van der Waals surface area contributed by atoms with E-state index in [1.807, 2.05) is 0 Å². The molecule has 4 nitrogen and oxygen atoms in total. The van der Waals surface area contributed by atoms with Gasteiger partial charge >= 0.3 is 0 Å². The normalized spacial score (nSPS) is 11.7. The predicted molar refractivity (Wildman–Crippen MR) is 111 cm³/mol. The second kappa shape index (κ2) is 7.98. The molecule has 0 aliphatic heterocycles. The summed E-state index contributed by atoms with van der Waals surface area (Å²) < 4.78 is 28.9. The SMILES string of the molecule is O=c1c2ccccc2nc(/C=C\c2ccccc2F)n1/N=C/c1ccccc1F. The lowest BCUT2D eigenvalue weighted by Crippen LogP contribution is -2.20. The van der Waals surface area contributed by atoms with Crippen molar-refractivity contribution in [3.63, 3.8) is 0 Å². The van der Waals surface area contributed by atoms with Crippen LogP contribution in [0, 0.1) is 11.6 Å². The maximum Gasteiger partial charge on any atom is 0.282 e. The minimum Gasteiger partial charge on any atom is -0.267 e. The Morgan fingerprint density at radius 1 is 0.793 bits per heavy atom. The molecule has 0 N–H and O–H groups in total. The lowest BCUT2D eigenvalue weighted by atomic mass is 10.2. The molecule has 4 aromatic rings. The van der Waals surface area contributed by atoms with Crippen LogP contribution in [-0.4, -0.2) is 15.9 Å². The molecule has 4 rings (SSSR count). The van der Waals surface area contributed by atoms with E-state index in [1.54, 1.807) is 60.7 Å². The number of fused-ring (bicyclic) bond motifs is 1. The molecule has 0 atom stereocenters. The van der Waals surface area contributed by atoms with Gasteiger partial charge in [0.05, 0.1) is 17.1 Å². The first-order valence-electron chi connectivity index (χ1n) is 8.87. The lowest BCUT2D eigenvalue weighted by Gasteiger charge is -2.06. The summed E-state index contributed by atoms with van der Waals surface area (Å²) in [4.78, 5) is 17.4. The monoisotopic (exact) mass is 387 g/mol. The summed E-state index contributed by atoms with van der Waals surface area (Å²) >= 11 is 0. The van der Waals surface area contributed by atoms with Crippen molar-refractivity contribution in [3.05, 3.63) is 112 Å². The van der Waals surface area contributed by atoms with Crippen molar-refractivity contribution in [1.82, 2.24) is 9.66 Å². The first-order chi connectivity index (χ1) is 14.1. The van der Waals surface area contributed by atoms with Gasteiger partial charge < -0.3 is 0 Å². The van der Waals surface area contributed by atoms with Gasteiger partial charge in [0.1, 0.15) is 11.6 Å². The van der Waals surface area contributed by atoms with Gasteiger partial charge in [0, 0.05) is 11.1 Å². The third kappa shape index (κ3) is 3.87. The molecule has 3 aromatic carbocycles. The topological polar surface area (TPSA) is 47.2 Å². The van der Waals surface area contributed by atoms with E-state index in [0.29, 0.717) is 16.5 Å². The van der Waals surface area contributed by atoms with Crippen LogP contribution in [-0.2, 0) is 0 Å². The molecule has 0 aliphatic carbocycles. The number of rotatable bonds is 4. The van der Waals surface area contributed by atoms with Gasteiger partial charge in [-0.3, -0.25) is 4.79 Å². The molecule has 1 heterocycles. The average Bonchev–Trinajstić information content (AvgIpc) is 2.74. The van der Waals surface area contributed by atoms with Crippen LogP contribution < -0.4 is 5.56 Å². The molecule has 0 amide bonds. The minimum absolute atomic E-state index is 0.199. The lowest BCUT2D eigenvalue weighted by molar-refractivity contribution is 0.625. The van der Waals surface area contributed by atoms with Crippen molar-refractivity contribution in [1.29, 1.82) is 0 Å². The highest BCUT2D eigenvalue weighted by atomic mass is 19.1. The maximum absolute atomic E-state index is 13.9. The zero-order valence-corrected chi connectivity index (χ0v) is 15.2. The van der Waals surface area contributed by atoms with Crippen LogP contribution in [0.1, 0.15) is 17.0 Å². The van der Waals surface area contributed by atoms with Gasteiger partial charge in [-0.05, 0) is 36.4 Å². The van der Waals surface area contributed by atoms with E-state index >= 15 is 0 Å². The number of benzene rings is 3. The molecule has 0 bridgehead atoms. The summed E-state index contributed by atoms with van der Waals surface area (Å²) in [5.74, 6) is -0.653. The van der Waals surface area contributed by atoms with Gasteiger partial charge in [-0.25, -0.2) is 13.8 Å². The molecule has 1 aromatic heterocycles. The van der Waals surface area contributed by atoms with Crippen LogP contribution in [0.5, 0.6) is 0 Å². The summed E-state index contributed by atoms with van der Waals surface area (Å²) in [6.45, 7) is 0. The van der Waals surface area contributed by atoms with Gasteiger partial charge in [-0.1, -0.05) is 48.5 Å². The third-order valence-electron chi connectivity index (χ3n) is 4.31. The van der Waals surface area contributed by atoms with Crippen LogP contribution in [0.15, 0.2) is 82.7 Å². The zero-order valence-electron chi connectivity index (χ0n) is 15.2. The highest BCUT2D eigenvalue weighted by Crippen LogP contribution is 2.13. The van der Waals surface area contributed by atoms with E-state index in [0.717, 1.165) is 4.68 Å². The molecular weight excluding hydrogens is 372 g/mol. The molecule has 0 aliphatic rings. The van der Waals surface area contributed by atoms with E-state index in [9.17, 15) is 13.6 Å². The number of hydrogen-bond acceptors (Lipinski definition) is 3. The fraction of sp³-hybridized carbons (Fsp3) is 0. The quantitative estimate of drug-likeness (QED) is 0.476. The Balaban J connectivity index is 1.86. The van der Waals surface area contributed by atoms with Crippen molar-refractivity contribution in [3.8, 4) is 0 Å². The average molecular weight is 387 g/mol. The van der Waals surface area contributed by atoms with Crippen molar-refractivity contribution < 1.29 is 8.78 Å². The van der Waals surface area contributed by atoms with Crippen molar-refractivity contribution in [2.45, 2.75) is 0 Å². The summed E-state index contributed by atoms with van der Waals surface area (Å²) in [5.41, 5.74) is 0.663. The summed E-state index contributed by atoms with van der Waals surface area (Å²) in [6, 6.07) is 19.2. The van der Waals surface area contributed by atoms with Crippen molar-refractivity contribution in [2.24, 2.45) is 5.10 Å². The van der Waals surface area contributed by atoms with Gasteiger partial charge in [0.25, 0.3) is 5.56 Å². The Bertz CT molecular complexity index is 1310. The molecule has 0 saturated carbocycles. The highest BCUT2D eigenvalue weighted by molar-refractivity contribution is 5.81. The maximum atomic E-state index is 13.9. The molecule has 0 fully saturated rings. The largest absolute Gasteiger partial charge is 0.282 e. The molecule has 6 heteroatoms. The van der Waals surface area contributed by atoms with Crippen LogP contribution in [0.3, 0.4) is 0 Å². The zero-order chi connectivity index (χ0) is 20.2. The number of para-hydroxylation sites is 1. The third-order valence-corrected chi connectivity index (χ3v) is 4.31. The Morgan fingerprint density at radius 3 is 2.14 bits per heavy atom. The van der Waals surface area contributed by atoms with Crippen molar-refractivity contribution in [2.75, 3.05) is 0 Å². The Labute approximate surface area is 165 Å². The molecular formula is C23H15F2N3O.